The van der Waals surface area contributed by atoms with Crippen molar-refractivity contribution in [2.24, 2.45) is 7.05 Å². The maximum atomic E-state index is 12.5. The number of rotatable bonds is 3. The summed E-state index contributed by atoms with van der Waals surface area (Å²) in [6.07, 6.45) is 7.35. The number of nitrogens with one attached hydrogen (secondary N) is 1. The molecule has 1 aromatic carbocycles. The molecule has 22 heavy (non-hydrogen) atoms. The van der Waals surface area contributed by atoms with Gasteiger partial charge in [-0.3, -0.25) is 4.79 Å². The summed E-state index contributed by atoms with van der Waals surface area (Å²) in [6.45, 7) is 0. The number of nitrogens with zero attached hydrogens (tertiary/aromatic N) is 2. The van der Waals surface area contributed by atoms with Crippen LogP contribution in [-0.4, -0.2) is 20.3 Å². The lowest BCUT2D eigenvalue weighted by atomic mass is 9.84. The summed E-state index contributed by atoms with van der Waals surface area (Å²) in [5.41, 5.74) is 3.85. The fourth-order valence-corrected chi connectivity index (χ4v) is 3.66. The van der Waals surface area contributed by atoms with Crippen LogP contribution in [0.4, 0.5) is 0 Å². The van der Waals surface area contributed by atoms with E-state index in [1.807, 2.05) is 13.2 Å². The highest BCUT2D eigenvalue weighted by Crippen LogP contribution is 2.38. The molecule has 0 fully saturated rings. The monoisotopic (exact) mass is 293 g/mol. The van der Waals surface area contributed by atoms with Crippen LogP contribution in [0.1, 0.15) is 47.1 Å². The molecule has 112 valence electrons. The van der Waals surface area contributed by atoms with Gasteiger partial charge in [-0.1, -0.05) is 18.2 Å². The van der Waals surface area contributed by atoms with E-state index in [9.17, 15) is 4.79 Å². The average Bonchev–Trinajstić information content (AvgIpc) is 3.11. The van der Waals surface area contributed by atoms with Crippen molar-refractivity contribution < 1.29 is 4.79 Å². The molecule has 3 aromatic rings. The lowest BCUT2D eigenvalue weighted by molar-refractivity contribution is 0.0957. The second kappa shape index (κ2) is 5.13. The molecule has 1 aliphatic carbocycles. The van der Waals surface area contributed by atoms with Crippen LogP contribution in [-0.2, 0) is 13.5 Å². The van der Waals surface area contributed by atoms with Gasteiger partial charge in [0.15, 0.2) is 11.6 Å². The lowest BCUT2D eigenvalue weighted by Gasteiger charge is -2.22. The fraction of sp³-hybridized carbons (Fsp3) is 0.333. The quantitative estimate of drug-likeness (QED) is 0.750. The van der Waals surface area contributed by atoms with E-state index in [0.717, 1.165) is 19.3 Å². The molecule has 0 aliphatic heterocycles. The van der Waals surface area contributed by atoms with E-state index in [0.29, 0.717) is 12.2 Å². The van der Waals surface area contributed by atoms with Crippen LogP contribution in [0, 0.1) is 0 Å². The van der Waals surface area contributed by atoms with Crippen LogP contribution in [0.25, 0.3) is 10.9 Å². The predicted molar refractivity (Wildman–Crippen MR) is 86.1 cm³/mol. The third kappa shape index (κ3) is 2.06. The summed E-state index contributed by atoms with van der Waals surface area (Å²) in [6, 6.07) is 8.43. The number of aryl methyl sites for hydroxylation is 2. The number of benzene rings is 1. The van der Waals surface area contributed by atoms with Gasteiger partial charge >= 0.3 is 0 Å². The Kier molecular flexibility index (Phi) is 3.10. The standard InChI is InChI=1S/C18H19N3O/c1-21-10-9-19-18(21)16(22)11-12-5-4-7-14-13-6-2-3-8-15(13)20-17(12)14/h2-3,6,8-10,12,20H,4-5,7,11H2,1H3/t12-/m1/s1. The molecular formula is C18H19N3O. The van der Waals surface area contributed by atoms with Crippen LogP contribution in [0.15, 0.2) is 36.7 Å². The molecule has 0 unspecified atom stereocenters. The number of fused-ring (bicyclic) bond motifs is 3. The van der Waals surface area contributed by atoms with Crippen molar-refractivity contribution in [2.45, 2.75) is 31.6 Å². The number of ketones is 1. The Labute approximate surface area is 129 Å². The van der Waals surface area contributed by atoms with Crippen LogP contribution >= 0.6 is 0 Å². The Hall–Kier alpha value is -2.36. The van der Waals surface area contributed by atoms with Crippen LogP contribution in [0.2, 0.25) is 0 Å². The number of aromatic amines is 1. The number of aromatic nitrogens is 3. The number of imidazole rings is 1. The summed E-state index contributed by atoms with van der Waals surface area (Å²) in [4.78, 5) is 20.3. The van der Waals surface area contributed by atoms with E-state index in [4.69, 9.17) is 0 Å². The molecule has 4 heteroatoms. The Balaban J connectivity index is 1.68. The summed E-state index contributed by atoms with van der Waals surface area (Å²) in [7, 11) is 1.87. The summed E-state index contributed by atoms with van der Waals surface area (Å²) < 4.78 is 1.80. The maximum Gasteiger partial charge on any atom is 0.198 e. The molecule has 0 saturated carbocycles. The molecule has 2 aromatic heterocycles. The Morgan fingerprint density at radius 3 is 3.09 bits per heavy atom. The van der Waals surface area contributed by atoms with E-state index in [1.165, 1.54) is 22.2 Å². The van der Waals surface area contributed by atoms with Crippen molar-refractivity contribution in [3.63, 3.8) is 0 Å². The first-order valence-electron chi connectivity index (χ1n) is 7.84. The number of carbonyl (C=O) groups is 1. The zero-order chi connectivity index (χ0) is 15.1. The summed E-state index contributed by atoms with van der Waals surface area (Å²) in [5.74, 6) is 0.965. The number of hydrogen-bond acceptors (Lipinski definition) is 2. The predicted octanol–water partition coefficient (Wildman–Crippen LogP) is 3.59. The zero-order valence-corrected chi connectivity index (χ0v) is 12.7. The Morgan fingerprint density at radius 2 is 2.27 bits per heavy atom. The van der Waals surface area contributed by atoms with Crippen molar-refractivity contribution in [3.8, 4) is 0 Å². The molecule has 2 heterocycles. The van der Waals surface area contributed by atoms with Gasteiger partial charge in [0.2, 0.25) is 0 Å². The molecule has 0 radical (unpaired) electrons. The largest absolute Gasteiger partial charge is 0.358 e. The first-order valence-corrected chi connectivity index (χ1v) is 7.84. The first-order chi connectivity index (χ1) is 10.7. The third-order valence-corrected chi connectivity index (χ3v) is 4.74. The van der Waals surface area contributed by atoms with Crippen LogP contribution < -0.4 is 0 Å². The van der Waals surface area contributed by atoms with Crippen molar-refractivity contribution in [2.75, 3.05) is 0 Å². The van der Waals surface area contributed by atoms with Gasteiger partial charge in [-0.2, -0.15) is 0 Å². The van der Waals surface area contributed by atoms with Gasteiger partial charge in [0, 0.05) is 48.4 Å². The molecular weight excluding hydrogens is 274 g/mol. The van der Waals surface area contributed by atoms with E-state index < -0.39 is 0 Å². The van der Waals surface area contributed by atoms with E-state index >= 15 is 0 Å². The maximum absolute atomic E-state index is 12.5. The minimum atomic E-state index is 0.129. The van der Waals surface area contributed by atoms with Gasteiger partial charge in [0.1, 0.15) is 0 Å². The van der Waals surface area contributed by atoms with Gasteiger partial charge < -0.3 is 9.55 Å². The van der Waals surface area contributed by atoms with Gasteiger partial charge in [0.25, 0.3) is 0 Å². The second-order valence-corrected chi connectivity index (χ2v) is 6.14. The van der Waals surface area contributed by atoms with Gasteiger partial charge in [-0.25, -0.2) is 4.98 Å². The van der Waals surface area contributed by atoms with Crippen molar-refractivity contribution in [3.05, 3.63) is 53.7 Å². The van der Waals surface area contributed by atoms with Crippen molar-refractivity contribution in [1.29, 1.82) is 0 Å². The second-order valence-electron chi connectivity index (χ2n) is 6.14. The summed E-state index contributed by atoms with van der Waals surface area (Å²) >= 11 is 0. The van der Waals surface area contributed by atoms with Crippen LogP contribution in [0.3, 0.4) is 0 Å². The van der Waals surface area contributed by atoms with Gasteiger partial charge in [-0.15, -0.1) is 0 Å². The highest BCUT2D eigenvalue weighted by atomic mass is 16.1. The molecule has 1 atom stereocenters. The SMILES string of the molecule is Cn1ccnc1C(=O)C[C@H]1CCCc2c1[nH]c1ccccc21. The van der Waals surface area contributed by atoms with Gasteiger partial charge in [0.05, 0.1) is 0 Å². The third-order valence-electron chi connectivity index (χ3n) is 4.74. The number of H-pyrrole nitrogens is 1. The smallest absolute Gasteiger partial charge is 0.198 e. The molecule has 0 bridgehead atoms. The molecule has 1 aliphatic rings. The molecule has 0 spiro atoms. The van der Waals surface area contributed by atoms with E-state index in [-0.39, 0.29) is 11.7 Å². The van der Waals surface area contributed by atoms with Gasteiger partial charge in [-0.05, 0) is 30.9 Å². The number of Topliss-reactive ketones (excluding diaryl/α,β-unsaturated/α-hetero) is 1. The average molecular weight is 293 g/mol. The molecule has 0 saturated heterocycles. The Bertz CT molecular complexity index is 843. The van der Waals surface area contributed by atoms with E-state index in [1.54, 1.807) is 10.8 Å². The Morgan fingerprint density at radius 1 is 1.41 bits per heavy atom. The number of carbonyl (C=O) groups excluding carboxylic acids is 1. The minimum absolute atomic E-state index is 0.129. The lowest BCUT2D eigenvalue weighted by Crippen LogP contribution is -2.16. The van der Waals surface area contributed by atoms with E-state index in [2.05, 4.69) is 34.2 Å². The molecule has 4 nitrogen and oxygen atoms in total. The zero-order valence-electron chi connectivity index (χ0n) is 12.7. The topological polar surface area (TPSA) is 50.7 Å². The molecule has 4 rings (SSSR count). The minimum Gasteiger partial charge on any atom is -0.358 e. The highest BCUT2D eigenvalue weighted by Gasteiger charge is 2.27. The highest BCUT2D eigenvalue weighted by molar-refractivity contribution is 5.93. The first kappa shape index (κ1) is 13.3. The van der Waals surface area contributed by atoms with Crippen molar-refractivity contribution >= 4 is 16.7 Å². The number of para-hydroxylation sites is 1. The molecule has 1 N–H and O–H groups in total. The number of hydrogen-bond donors (Lipinski definition) is 1. The molecule has 0 amide bonds. The normalized spacial score (nSPS) is 17.6. The summed E-state index contributed by atoms with van der Waals surface area (Å²) in [5, 5.41) is 1.31. The fourth-order valence-electron chi connectivity index (χ4n) is 3.66. The van der Waals surface area contributed by atoms with Crippen molar-refractivity contribution in [1.82, 2.24) is 14.5 Å². The van der Waals surface area contributed by atoms with Crippen LogP contribution in [0.5, 0.6) is 0 Å².